The number of hydrogen-bond acceptors (Lipinski definition) is 4. The number of benzene rings is 2. The van der Waals surface area contributed by atoms with Gasteiger partial charge in [0.25, 0.3) is 0 Å². The normalized spacial score (nSPS) is 10.3. The summed E-state index contributed by atoms with van der Waals surface area (Å²) in [6.07, 6.45) is 2.10. The van der Waals surface area contributed by atoms with Crippen molar-refractivity contribution in [3.63, 3.8) is 0 Å². The van der Waals surface area contributed by atoms with Crippen molar-refractivity contribution < 1.29 is 23.1 Å². The van der Waals surface area contributed by atoms with E-state index in [0.29, 0.717) is 11.5 Å². The minimum absolute atomic E-state index is 0.00177. The largest absolute Gasteiger partial charge is 0.486 e. The van der Waals surface area contributed by atoms with E-state index in [1.54, 1.807) is 12.1 Å². The fourth-order valence-electron chi connectivity index (χ4n) is 2.66. The summed E-state index contributed by atoms with van der Waals surface area (Å²) in [5, 5.41) is 2.28. The van der Waals surface area contributed by atoms with Gasteiger partial charge < -0.3 is 14.5 Å². The summed E-state index contributed by atoms with van der Waals surface area (Å²) in [5.74, 6) is -0.0982. The number of halogens is 1. The maximum atomic E-state index is 13.5. The van der Waals surface area contributed by atoms with Crippen LogP contribution in [0.3, 0.4) is 0 Å². The SMILES string of the molecule is CCCc1ccc(OCc2ccc(C(=O)NNC(=O)Nc3ccccc3F)o2)cc1. The van der Waals surface area contributed by atoms with Crippen LogP contribution in [0.15, 0.2) is 65.1 Å². The molecule has 8 heteroatoms. The fraction of sp³-hybridized carbons (Fsp3) is 0.182. The molecular weight excluding hydrogens is 389 g/mol. The summed E-state index contributed by atoms with van der Waals surface area (Å²) in [6, 6.07) is 15.8. The van der Waals surface area contributed by atoms with Gasteiger partial charge in [-0.2, -0.15) is 0 Å². The Morgan fingerprint density at radius 3 is 2.50 bits per heavy atom. The molecule has 3 N–H and O–H groups in total. The zero-order valence-electron chi connectivity index (χ0n) is 16.4. The zero-order chi connectivity index (χ0) is 21.3. The molecular formula is C22H22FN3O4. The lowest BCUT2D eigenvalue weighted by Gasteiger charge is -2.08. The number of aryl methyl sites for hydroxylation is 1. The Morgan fingerprint density at radius 2 is 1.77 bits per heavy atom. The van der Waals surface area contributed by atoms with Gasteiger partial charge in [0.05, 0.1) is 5.69 Å². The first-order valence-corrected chi connectivity index (χ1v) is 9.47. The highest BCUT2D eigenvalue weighted by Gasteiger charge is 2.13. The number of para-hydroxylation sites is 1. The van der Waals surface area contributed by atoms with Crippen molar-refractivity contribution in [1.29, 1.82) is 0 Å². The van der Waals surface area contributed by atoms with Gasteiger partial charge in [-0.25, -0.2) is 14.6 Å². The molecule has 0 radical (unpaired) electrons. The second-order valence-electron chi connectivity index (χ2n) is 6.46. The Balaban J connectivity index is 1.46. The highest BCUT2D eigenvalue weighted by atomic mass is 19.1. The monoisotopic (exact) mass is 411 g/mol. The molecule has 0 saturated heterocycles. The Bertz CT molecular complexity index is 1000. The quantitative estimate of drug-likeness (QED) is 0.502. The van der Waals surface area contributed by atoms with Gasteiger partial charge in [-0.1, -0.05) is 37.6 Å². The van der Waals surface area contributed by atoms with E-state index in [9.17, 15) is 14.0 Å². The second kappa shape index (κ2) is 10.1. The number of ether oxygens (including phenoxy) is 1. The molecule has 0 spiro atoms. The third-order valence-corrected chi connectivity index (χ3v) is 4.14. The molecule has 1 heterocycles. The summed E-state index contributed by atoms with van der Waals surface area (Å²) in [6.45, 7) is 2.28. The highest BCUT2D eigenvalue weighted by molar-refractivity contribution is 5.95. The molecule has 3 rings (SSSR count). The van der Waals surface area contributed by atoms with Crippen molar-refractivity contribution >= 4 is 17.6 Å². The van der Waals surface area contributed by atoms with Gasteiger partial charge in [0, 0.05) is 0 Å². The van der Waals surface area contributed by atoms with Crippen LogP contribution >= 0.6 is 0 Å². The van der Waals surface area contributed by atoms with E-state index in [1.807, 2.05) is 24.3 Å². The summed E-state index contributed by atoms with van der Waals surface area (Å²) >= 11 is 0. The number of carbonyl (C=O) groups excluding carboxylic acids is 2. The van der Waals surface area contributed by atoms with Crippen molar-refractivity contribution in [2.24, 2.45) is 0 Å². The van der Waals surface area contributed by atoms with E-state index in [1.165, 1.54) is 29.8 Å². The first-order valence-electron chi connectivity index (χ1n) is 9.47. The molecule has 0 unspecified atom stereocenters. The molecule has 30 heavy (non-hydrogen) atoms. The van der Waals surface area contributed by atoms with Crippen LogP contribution in [0.25, 0.3) is 0 Å². The Labute approximate surface area is 173 Å². The lowest BCUT2D eigenvalue weighted by Crippen LogP contribution is -2.43. The number of urea groups is 1. The van der Waals surface area contributed by atoms with Crippen molar-refractivity contribution in [3.05, 3.63) is 83.6 Å². The van der Waals surface area contributed by atoms with Crippen molar-refractivity contribution in [2.75, 3.05) is 5.32 Å². The molecule has 0 aliphatic carbocycles. The molecule has 3 aromatic rings. The number of nitrogens with one attached hydrogen (secondary N) is 3. The predicted octanol–water partition coefficient (Wildman–Crippen LogP) is 4.42. The molecule has 0 fully saturated rings. The summed E-state index contributed by atoms with van der Waals surface area (Å²) in [5.41, 5.74) is 5.55. The molecule has 2 aromatic carbocycles. The number of furan rings is 1. The molecule has 0 bridgehead atoms. The molecule has 1 aromatic heterocycles. The molecule has 0 aliphatic heterocycles. The van der Waals surface area contributed by atoms with Crippen LogP contribution in [0.4, 0.5) is 14.9 Å². The van der Waals surface area contributed by atoms with Crippen LogP contribution in [0.2, 0.25) is 0 Å². The van der Waals surface area contributed by atoms with Crippen molar-refractivity contribution in [2.45, 2.75) is 26.4 Å². The number of amides is 3. The maximum absolute atomic E-state index is 13.5. The third-order valence-electron chi connectivity index (χ3n) is 4.14. The van der Waals surface area contributed by atoms with Gasteiger partial charge in [0.15, 0.2) is 5.76 Å². The van der Waals surface area contributed by atoms with Gasteiger partial charge in [0.1, 0.15) is 23.9 Å². The molecule has 7 nitrogen and oxygen atoms in total. The first-order chi connectivity index (χ1) is 14.5. The minimum Gasteiger partial charge on any atom is -0.486 e. The number of hydrazine groups is 1. The number of carbonyl (C=O) groups is 2. The van der Waals surface area contributed by atoms with Gasteiger partial charge in [-0.05, 0) is 48.4 Å². The average Bonchev–Trinajstić information content (AvgIpc) is 3.23. The number of hydrogen-bond donors (Lipinski definition) is 3. The Morgan fingerprint density at radius 1 is 1.00 bits per heavy atom. The maximum Gasteiger partial charge on any atom is 0.338 e. The molecule has 0 saturated carbocycles. The Hall–Kier alpha value is -3.81. The molecule has 3 amide bonds. The van der Waals surface area contributed by atoms with E-state index >= 15 is 0 Å². The van der Waals surface area contributed by atoms with Crippen LogP contribution in [-0.2, 0) is 13.0 Å². The van der Waals surface area contributed by atoms with Gasteiger partial charge >= 0.3 is 11.9 Å². The summed E-state index contributed by atoms with van der Waals surface area (Å²) < 4.78 is 24.6. The van der Waals surface area contributed by atoms with Crippen LogP contribution in [0, 0.1) is 5.82 Å². The standard InChI is InChI=1S/C22H22FN3O4/c1-2-5-15-8-10-16(11-9-15)29-14-17-12-13-20(30-17)21(27)25-26-22(28)24-19-7-4-3-6-18(19)23/h3-4,6-13H,2,5,14H2,1H3,(H,25,27)(H2,24,26,28). The first kappa shape index (κ1) is 20.9. The van der Waals surface area contributed by atoms with Crippen LogP contribution in [-0.4, -0.2) is 11.9 Å². The molecule has 0 aliphatic rings. The van der Waals surface area contributed by atoms with Gasteiger partial charge in [-0.3, -0.25) is 10.2 Å². The van der Waals surface area contributed by atoms with Crippen LogP contribution in [0.1, 0.15) is 35.2 Å². The average molecular weight is 411 g/mol. The van der Waals surface area contributed by atoms with E-state index in [0.717, 1.165) is 12.8 Å². The fourth-order valence-corrected chi connectivity index (χ4v) is 2.66. The molecule has 156 valence electrons. The summed E-state index contributed by atoms with van der Waals surface area (Å²) in [4.78, 5) is 23.9. The van der Waals surface area contributed by atoms with E-state index in [-0.39, 0.29) is 18.1 Å². The number of anilines is 1. The zero-order valence-corrected chi connectivity index (χ0v) is 16.4. The van der Waals surface area contributed by atoms with Crippen LogP contribution < -0.4 is 20.9 Å². The predicted molar refractivity (Wildman–Crippen MR) is 109 cm³/mol. The van der Waals surface area contributed by atoms with Gasteiger partial charge in [0.2, 0.25) is 0 Å². The van der Waals surface area contributed by atoms with Crippen molar-refractivity contribution in [1.82, 2.24) is 10.9 Å². The Kier molecular flexibility index (Phi) is 7.05. The third kappa shape index (κ3) is 5.84. The van der Waals surface area contributed by atoms with Crippen LogP contribution in [0.5, 0.6) is 5.75 Å². The van der Waals surface area contributed by atoms with Gasteiger partial charge in [-0.15, -0.1) is 0 Å². The minimum atomic E-state index is -0.796. The van der Waals surface area contributed by atoms with E-state index < -0.39 is 17.8 Å². The number of rotatable bonds is 7. The lowest BCUT2D eigenvalue weighted by molar-refractivity contribution is 0.0906. The summed E-state index contributed by atoms with van der Waals surface area (Å²) in [7, 11) is 0. The second-order valence-corrected chi connectivity index (χ2v) is 6.46. The van der Waals surface area contributed by atoms with E-state index in [2.05, 4.69) is 23.1 Å². The highest BCUT2D eigenvalue weighted by Crippen LogP contribution is 2.16. The molecule has 0 atom stereocenters. The topological polar surface area (TPSA) is 92.6 Å². The van der Waals surface area contributed by atoms with Crippen molar-refractivity contribution in [3.8, 4) is 5.75 Å². The van der Waals surface area contributed by atoms with E-state index in [4.69, 9.17) is 9.15 Å². The smallest absolute Gasteiger partial charge is 0.338 e. The lowest BCUT2D eigenvalue weighted by atomic mass is 10.1.